The van der Waals surface area contributed by atoms with Crippen molar-refractivity contribution in [2.75, 3.05) is 19.8 Å². The van der Waals surface area contributed by atoms with Crippen LogP contribution in [0.2, 0.25) is 0 Å². The van der Waals surface area contributed by atoms with Gasteiger partial charge >= 0.3 is 29.6 Å². The summed E-state index contributed by atoms with van der Waals surface area (Å²) in [6.45, 7) is 2.82. The van der Waals surface area contributed by atoms with E-state index in [1.807, 2.05) is 0 Å². The molecule has 7 heteroatoms. The first kappa shape index (κ1) is 28.0. The van der Waals surface area contributed by atoms with Gasteiger partial charge in [0, 0.05) is 6.61 Å². The molecule has 0 amide bonds. The van der Waals surface area contributed by atoms with Gasteiger partial charge in [-0.25, -0.2) is 8.42 Å². The van der Waals surface area contributed by atoms with E-state index in [1.54, 1.807) is 0 Å². The van der Waals surface area contributed by atoms with E-state index in [-0.39, 0.29) is 42.8 Å². The standard InChI is InChI=1S/C18H38O5S.Na/c1-2-3-4-5-6-7-8-9-10-11-12-13-14-15-16-22-17-18-23-24(19,20)21;/h2-18H2,1H3,(H,19,20,21);/q;+1/p-1. The molecular weight excluding hydrogens is 351 g/mol. The van der Waals surface area contributed by atoms with Crippen LogP contribution >= 0.6 is 0 Å². The van der Waals surface area contributed by atoms with Gasteiger partial charge < -0.3 is 9.29 Å². The first-order chi connectivity index (χ1) is 11.6. The topological polar surface area (TPSA) is 75.7 Å². The van der Waals surface area contributed by atoms with E-state index in [0.29, 0.717) is 6.61 Å². The van der Waals surface area contributed by atoms with Gasteiger partial charge in [0.15, 0.2) is 0 Å². The summed E-state index contributed by atoms with van der Waals surface area (Å²) in [5.41, 5.74) is 0. The molecule has 0 N–H and O–H groups in total. The average molecular weight is 389 g/mol. The second kappa shape index (κ2) is 21.1. The maximum Gasteiger partial charge on any atom is 1.00 e. The van der Waals surface area contributed by atoms with E-state index >= 15 is 0 Å². The van der Waals surface area contributed by atoms with Crippen molar-refractivity contribution in [1.29, 1.82) is 0 Å². The van der Waals surface area contributed by atoms with Crippen LogP contribution in [0.1, 0.15) is 96.8 Å². The summed E-state index contributed by atoms with van der Waals surface area (Å²) in [6.07, 6.45) is 18.4. The Morgan fingerprint density at radius 1 is 0.640 bits per heavy atom. The second-order valence-corrected chi connectivity index (χ2v) is 7.49. The van der Waals surface area contributed by atoms with Crippen molar-refractivity contribution >= 4 is 10.4 Å². The van der Waals surface area contributed by atoms with E-state index in [4.69, 9.17) is 4.74 Å². The van der Waals surface area contributed by atoms with Gasteiger partial charge in [0.25, 0.3) is 0 Å². The molecule has 25 heavy (non-hydrogen) atoms. The summed E-state index contributed by atoms with van der Waals surface area (Å²) >= 11 is 0. The van der Waals surface area contributed by atoms with Crippen LogP contribution in [-0.4, -0.2) is 32.8 Å². The molecule has 0 radical (unpaired) electrons. The van der Waals surface area contributed by atoms with Gasteiger partial charge in [0.05, 0.1) is 13.2 Å². The van der Waals surface area contributed by atoms with Crippen LogP contribution < -0.4 is 29.6 Å². The molecule has 0 unspecified atom stereocenters. The van der Waals surface area contributed by atoms with Gasteiger partial charge in [-0.1, -0.05) is 90.4 Å². The van der Waals surface area contributed by atoms with E-state index in [0.717, 1.165) is 12.8 Å². The Morgan fingerprint density at radius 2 is 1.04 bits per heavy atom. The molecule has 0 saturated carbocycles. The zero-order chi connectivity index (χ0) is 17.9. The third kappa shape index (κ3) is 27.2. The SMILES string of the molecule is CCCCCCCCCCCCCCCCOCCOS(=O)(=O)[O-].[Na+]. The van der Waals surface area contributed by atoms with Gasteiger partial charge in [-0.05, 0) is 6.42 Å². The number of unbranched alkanes of at least 4 members (excludes halogenated alkanes) is 13. The van der Waals surface area contributed by atoms with Crippen LogP contribution in [0, 0.1) is 0 Å². The number of hydrogen-bond donors (Lipinski definition) is 0. The molecule has 0 bridgehead atoms. The summed E-state index contributed by atoms with van der Waals surface area (Å²) in [5, 5.41) is 0. The molecule has 0 aliphatic carbocycles. The summed E-state index contributed by atoms with van der Waals surface area (Å²) in [5.74, 6) is 0. The third-order valence-electron chi connectivity index (χ3n) is 4.10. The molecular formula is C18H37NaO5S. The van der Waals surface area contributed by atoms with Crippen molar-refractivity contribution in [2.24, 2.45) is 0 Å². The summed E-state index contributed by atoms with van der Waals surface area (Å²) < 4.78 is 39.8. The zero-order valence-electron chi connectivity index (χ0n) is 16.5. The van der Waals surface area contributed by atoms with Gasteiger partial charge in [-0.3, -0.25) is 4.18 Å². The molecule has 0 heterocycles. The summed E-state index contributed by atoms with van der Waals surface area (Å²) in [6, 6.07) is 0. The van der Waals surface area contributed by atoms with E-state index < -0.39 is 10.4 Å². The van der Waals surface area contributed by atoms with Crippen LogP contribution in [0.15, 0.2) is 0 Å². The van der Waals surface area contributed by atoms with Gasteiger partial charge in [-0.15, -0.1) is 0 Å². The minimum absolute atomic E-state index is 0. The molecule has 0 rings (SSSR count). The van der Waals surface area contributed by atoms with Crippen LogP contribution in [0.25, 0.3) is 0 Å². The quantitative estimate of drug-likeness (QED) is 0.146. The number of hydrogen-bond acceptors (Lipinski definition) is 5. The smallest absolute Gasteiger partial charge is 0.726 e. The third-order valence-corrected chi connectivity index (χ3v) is 4.55. The van der Waals surface area contributed by atoms with Gasteiger partial charge in [0.1, 0.15) is 0 Å². The molecule has 0 spiro atoms. The van der Waals surface area contributed by atoms with Crippen molar-refractivity contribution in [2.45, 2.75) is 96.8 Å². The average Bonchev–Trinajstić information content (AvgIpc) is 2.52. The Labute approximate surface area is 177 Å². The van der Waals surface area contributed by atoms with Crippen molar-refractivity contribution in [3.8, 4) is 0 Å². The normalized spacial score (nSPS) is 11.4. The molecule has 0 aliphatic rings. The van der Waals surface area contributed by atoms with Crippen LogP contribution in [0.5, 0.6) is 0 Å². The number of ether oxygens (including phenoxy) is 1. The fourth-order valence-electron chi connectivity index (χ4n) is 2.70. The minimum atomic E-state index is -4.58. The number of rotatable bonds is 19. The summed E-state index contributed by atoms with van der Waals surface area (Å²) in [4.78, 5) is 0. The van der Waals surface area contributed by atoms with Crippen molar-refractivity contribution in [3.05, 3.63) is 0 Å². The van der Waals surface area contributed by atoms with Crippen LogP contribution in [0.4, 0.5) is 0 Å². The van der Waals surface area contributed by atoms with Crippen molar-refractivity contribution in [3.63, 3.8) is 0 Å². The van der Waals surface area contributed by atoms with Crippen molar-refractivity contribution in [1.82, 2.24) is 0 Å². The minimum Gasteiger partial charge on any atom is -0.726 e. The Kier molecular flexibility index (Phi) is 23.7. The molecule has 0 aromatic carbocycles. The fraction of sp³-hybridized carbons (Fsp3) is 1.00. The first-order valence-corrected chi connectivity index (χ1v) is 11.1. The second-order valence-electron chi connectivity index (χ2n) is 6.44. The zero-order valence-corrected chi connectivity index (χ0v) is 19.3. The predicted octanol–water partition coefficient (Wildman–Crippen LogP) is 1.97. The Balaban J connectivity index is 0. The van der Waals surface area contributed by atoms with Gasteiger partial charge in [-0.2, -0.15) is 0 Å². The molecule has 5 nitrogen and oxygen atoms in total. The van der Waals surface area contributed by atoms with Crippen molar-refractivity contribution < 1.29 is 51.4 Å². The predicted molar refractivity (Wildman–Crippen MR) is 96.8 cm³/mol. The summed E-state index contributed by atoms with van der Waals surface area (Å²) in [7, 11) is -4.58. The Bertz CT molecular complexity index is 349. The monoisotopic (exact) mass is 388 g/mol. The molecule has 0 saturated heterocycles. The van der Waals surface area contributed by atoms with Crippen LogP contribution in [-0.2, 0) is 19.3 Å². The van der Waals surface area contributed by atoms with E-state index in [1.165, 1.54) is 77.0 Å². The Morgan fingerprint density at radius 3 is 1.44 bits per heavy atom. The van der Waals surface area contributed by atoms with E-state index in [9.17, 15) is 13.0 Å². The van der Waals surface area contributed by atoms with Crippen LogP contribution in [0.3, 0.4) is 0 Å². The molecule has 0 aromatic heterocycles. The maximum absolute atomic E-state index is 10.2. The molecule has 0 fully saturated rings. The first-order valence-electron chi connectivity index (χ1n) is 9.74. The molecule has 0 aromatic rings. The molecule has 0 atom stereocenters. The molecule has 0 aliphatic heterocycles. The van der Waals surface area contributed by atoms with E-state index in [2.05, 4.69) is 11.1 Å². The Hall–Kier alpha value is 0.830. The maximum atomic E-state index is 10.2. The largest absolute Gasteiger partial charge is 1.00 e. The molecule has 146 valence electrons. The fourth-order valence-corrected chi connectivity index (χ4v) is 2.97. The van der Waals surface area contributed by atoms with Gasteiger partial charge in [0.2, 0.25) is 10.4 Å².